The van der Waals surface area contributed by atoms with E-state index in [4.69, 9.17) is 14.9 Å². The summed E-state index contributed by atoms with van der Waals surface area (Å²) in [5.74, 6) is -3.45. The molecule has 2 heterocycles. The van der Waals surface area contributed by atoms with Crippen LogP contribution in [0.1, 0.15) is 0 Å². The van der Waals surface area contributed by atoms with Crippen LogP contribution in [0, 0.1) is 0 Å². The molecule has 0 amide bonds. The lowest BCUT2D eigenvalue weighted by atomic mass is 9.89. The predicted molar refractivity (Wildman–Crippen MR) is 67.9 cm³/mol. The second-order valence-electron chi connectivity index (χ2n) is 5.33. The Bertz CT molecular complexity index is 489. The van der Waals surface area contributed by atoms with Gasteiger partial charge in [0.2, 0.25) is 5.76 Å². The highest BCUT2D eigenvalue weighted by atomic mass is 16.6. The van der Waals surface area contributed by atoms with Crippen LogP contribution in [0.2, 0.25) is 0 Å². The van der Waals surface area contributed by atoms with Crippen molar-refractivity contribution in [2.45, 2.75) is 48.8 Å². The maximum absolute atomic E-state index is 11.1. The Morgan fingerprint density at radius 1 is 1.00 bits per heavy atom. The Labute approximate surface area is 129 Å². The summed E-state index contributed by atoms with van der Waals surface area (Å²) in [6, 6.07) is 0. The lowest BCUT2D eigenvalue weighted by molar-refractivity contribution is -0.261. The Morgan fingerprint density at radius 2 is 1.61 bits per heavy atom. The summed E-state index contributed by atoms with van der Waals surface area (Å²) in [6.45, 7) is -0.741. The SMILES string of the molecule is O=C1O[C@H]([C@@H](O)C(O)[C@H]2O[C@H](CO)[C@@H](O)[C@H](O)[C@H]2O)C(O)=C1O. The monoisotopic (exact) mass is 338 g/mol. The molecule has 132 valence electrons. The van der Waals surface area contributed by atoms with Gasteiger partial charge < -0.3 is 50.3 Å². The molecular formula is C12H18O11. The quantitative estimate of drug-likeness (QED) is 0.231. The van der Waals surface area contributed by atoms with Crippen LogP contribution in [-0.2, 0) is 14.3 Å². The highest BCUT2D eigenvalue weighted by Crippen LogP contribution is 2.29. The van der Waals surface area contributed by atoms with E-state index in [0.717, 1.165) is 0 Å². The molecule has 2 rings (SSSR count). The van der Waals surface area contributed by atoms with E-state index in [2.05, 4.69) is 4.74 Å². The zero-order valence-electron chi connectivity index (χ0n) is 11.6. The summed E-state index contributed by atoms with van der Waals surface area (Å²) in [4.78, 5) is 11.1. The van der Waals surface area contributed by atoms with Crippen LogP contribution in [0.25, 0.3) is 0 Å². The van der Waals surface area contributed by atoms with Crippen LogP contribution in [0.5, 0.6) is 0 Å². The second-order valence-corrected chi connectivity index (χ2v) is 5.33. The fourth-order valence-corrected chi connectivity index (χ4v) is 2.48. The molecule has 2 aliphatic heterocycles. The molecular weight excluding hydrogens is 320 g/mol. The minimum Gasteiger partial charge on any atom is -0.505 e. The first-order chi connectivity index (χ1) is 10.7. The molecule has 8 atom stereocenters. The maximum atomic E-state index is 11.1. The Morgan fingerprint density at radius 3 is 2.09 bits per heavy atom. The summed E-state index contributed by atoms with van der Waals surface area (Å²) in [7, 11) is 0. The molecule has 0 aliphatic carbocycles. The molecule has 0 saturated carbocycles. The van der Waals surface area contributed by atoms with Crippen molar-refractivity contribution in [2.24, 2.45) is 0 Å². The fraction of sp³-hybridized carbons (Fsp3) is 0.750. The van der Waals surface area contributed by atoms with Crippen molar-refractivity contribution in [1.29, 1.82) is 0 Å². The van der Waals surface area contributed by atoms with Crippen molar-refractivity contribution in [1.82, 2.24) is 0 Å². The number of hydrogen-bond donors (Lipinski definition) is 8. The van der Waals surface area contributed by atoms with Gasteiger partial charge in [-0.15, -0.1) is 0 Å². The largest absolute Gasteiger partial charge is 0.505 e. The van der Waals surface area contributed by atoms with E-state index in [1.165, 1.54) is 0 Å². The van der Waals surface area contributed by atoms with Crippen LogP contribution in [-0.4, -0.2) is 102 Å². The van der Waals surface area contributed by atoms with E-state index in [1.54, 1.807) is 0 Å². The summed E-state index contributed by atoms with van der Waals surface area (Å²) in [5.41, 5.74) is 0. The van der Waals surface area contributed by atoms with Crippen LogP contribution < -0.4 is 0 Å². The van der Waals surface area contributed by atoms with Crippen LogP contribution in [0.4, 0.5) is 0 Å². The van der Waals surface area contributed by atoms with Crippen molar-refractivity contribution in [2.75, 3.05) is 6.61 Å². The molecule has 0 aromatic heterocycles. The smallest absolute Gasteiger partial charge is 0.377 e. The third-order valence-corrected chi connectivity index (χ3v) is 3.87. The molecule has 0 aromatic carbocycles. The topological polar surface area (TPSA) is 197 Å². The highest BCUT2D eigenvalue weighted by molar-refractivity contribution is 5.89. The van der Waals surface area contributed by atoms with E-state index in [0.29, 0.717) is 0 Å². The summed E-state index contributed by atoms with van der Waals surface area (Å²) < 4.78 is 9.52. The summed E-state index contributed by atoms with van der Waals surface area (Å²) >= 11 is 0. The van der Waals surface area contributed by atoms with E-state index >= 15 is 0 Å². The van der Waals surface area contributed by atoms with Gasteiger partial charge >= 0.3 is 5.97 Å². The van der Waals surface area contributed by atoms with Gasteiger partial charge in [-0.25, -0.2) is 4.79 Å². The highest BCUT2D eigenvalue weighted by Gasteiger charge is 2.51. The van der Waals surface area contributed by atoms with Gasteiger partial charge in [0.15, 0.2) is 11.9 Å². The lowest BCUT2D eigenvalue weighted by Crippen LogP contribution is -2.64. The minimum absolute atomic E-state index is 0.741. The van der Waals surface area contributed by atoms with Crippen molar-refractivity contribution >= 4 is 5.97 Å². The fourth-order valence-electron chi connectivity index (χ4n) is 2.48. The van der Waals surface area contributed by atoms with Gasteiger partial charge in [-0.2, -0.15) is 0 Å². The van der Waals surface area contributed by atoms with Crippen molar-refractivity contribution in [3.8, 4) is 0 Å². The number of esters is 1. The zero-order chi connectivity index (χ0) is 17.5. The van der Waals surface area contributed by atoms with Crippen LogP contribution in [0.15, 0.2) is 11.5 Å². The van der Waals surface area contributed by atoms with E-state index < -0.39 is 72.9 Å². The molecule has 0 spiro atoms. The molecule has 11 heteroatoms. The van der Waals surface area contributed by atoms with Gasteiger partial charge in [-0.3, -0.25) is 0 Å². The second kappa shape index (κ2) is 6.57. The number of aliphatic hydroxyl groups is 8. The third-order valence-electron chi connectivity index (χ3n) is 3.87. The van der Waals surface area contributed by atoms with Crippen LogP contribution >= 0.6 is 0 Å². The number of aliphatic hydroxyl groups excluding tert-OH is 8. The number of carbonyl (C=O) groups excluding carboxylic acids is 1. The average Bonchev–Trinajstić information content (AvgIpc) is 2.79. The molecule has 1 unspecified atom stereocenters. The normalized spacial score (nSPS) is 40.9. The Balaban J connectivity index is 2.16. The number of ether oxygens (including phenoxy) is 2. The minimum atomic E-state index is -2.02. The van der Waals surface area contributed by atoms with Gasteiger partial charge in [0.05, 0.1) is 6.61 Å². The molecule has 1 saturated heterocycles. The van der Waals surface area contributed by atoms with Crippen molar-refractivity contribution in [3.05, 3.63) is 11.5 Å². The molecule has 8 N–H and O–H groups in total. The molecule has 23 heavy (non-hydrogen) atoms. The maximum Gasteiger partial charge on any atom is 0.377 e. The molecule has 1 fully saturated rings. The first-order valence-electron chi connectivity index (χ1n) is 6.70. The van der Waals surface area contributed by atoms with Gasteiger partial charge in [0.25, 0.3) is 0 Å². The summed E-state index contributed by atoms with van der Waals surface area (Å²) in [5, 5.41) is 76.8. The molecule has 0 radical (unpaired) electrons. The van der Waals surface area contributed by atoms with Crippen molar-refractivity contribution in [3.63, 3.8) is 0 Å². The number of rotatable bonds is 4. The Hall–Kier alpha value is -1.47. The molecule has 2 aliphatic rings. The Kier molecular flexibility index (Phi) is 5.10. The van der Waals surface area contributed by atoms with E-state index in [-0.39, 0.29) is 0 Å². The standard InChI is InChI=1S/C12H18O11/c13-1-2-3(14)4(15)5(16)10(22-2)6(17)7(18)11-8(19)9(20)12(21)23-11/h2-7,10-11,13-20H,1H2/t2-,3-,4+,5-,6?,7+,10+,11-/m1/s1. The number of hydrogen-bond acceptors (Lipinski definition) is 11. The molecule has 0 bridgehead atoms. The van der Waals surface area contributed by atoms with Gasteiger partial charge in [0.1, 0.15) is 42.7 Å². The lowest BCUT2D eigenvalue weighted by Gasteiger charge is -2.43. The molecule has 11 nitrogen and oxygen atoms in total. The molecule has 0 aromatic rings. The number of cyclic esters (lactones) is 1. The first-order valence-corrected chi connectivity index (χ1v) is 6.70. The first kappa shape index (κ1) is 17.9. The summed E-state index contributed by atoms with van der Waals surface area (Å²) in [6.07, 6.45) is -14.1. The number of carbonyl (C=O) groups is 1. The van der Waals surface area contributed by atoms with Gasteiger partial charge in [-0.05, 0) is 0 Å². The van der Waals surface area contributed by atoms with Crippen LogP contribution in [0.3, 0.4) is 0 Å². The predicted octanol–water partition coefficient (Wildman–Crippen LogP) is -4.20. The van der Waals surface area contributed by atoms with E-state index in [9.17, 15) is 35.4 Å². The van der Waals surface area contributed by atoms with Gasteiger partial charge in [0, 0.05) is 0 Å². The van der Waals surface area contributed by atoms with E-state index in [1.807, 2.05) is 0 Å². The third kappa shape index (κ3) is 2.99. The van der Waals surface area contributed by atoms with Gasteiger partial charge in [-0.1, -0.05) is 0 Å². The average molecular weight is 338 g/mol. The zero-order valence-corrected chi connectivity index (χ0v) is 11.6. The van der Waals surface area contributed by atoms with Crippen molar-refractivity contribution < 1.29 is 55.1 Å².